The first-order chi connectivity index (χ1) is 8.66. The third-order valence-corrected chi connectivity index (χ3v) is 2.99. The van der Waals surface area contributed by atoms with E-state index < -0.39 is 0 Å². The Balaban J connectivity index is 2.13. The van der Waals surface area contributed by atoms with Crippen molar-refractivity contribution in [2.75, 3.05) is 0 Å². The molecule has 0 N–H and O–H groups in total. The first-order valence-corrected chi connectivity index (χ1v) is 5.68. The lowest BCUT2D eigenvalue weighted by Gasteiger charge is -1.97. The summed E-state index contributed by atoms with van der Waals surface area (Å²) in [6.45, 7) is 1.96. The van der Waals surface area contributed by atoms with E-state index >= 15 is 0 Å². The number of carbonyl (C=O) groups is 1. The zero-order valence-corrected chi connectivity index (χ0v) is 10.2. The molecule has 2 heterocycles. The Labute approximate surface area is 104 Å². The summed E-state index contributed by atoms with van der Waals surface area (Å²) in [6, 6.07) is 7.60. The highest BCUT2D eigenvalue weighted by atomic mass is 16.3. The number of hydrogen-bond acceptors (Lipinski definition) is 3. The van der Waals surface area contributed by atoms with Crippen LogP contribution in [0.15, 0.2) is 41.1 Å². The lowest BCUT2D eigenvalue weighted by molar-refractivity contribution is 0.0998. The summed E-state index contributed by atoms with van der Waals surface area (Å²) in [5, 5.41) is 0.938. The number of imidazole rings is 1. The van der Waals surface area contributed by atoms with Crippen LogP contribution in [-0.2, 0) is 7.05 Å². The molecule has 0 bridgehead atoms. The molecule has 0 fully saturated rings. The van der Waals surface area contributed by atoms with Gasteiger partial charge in [-0.15, -0.1) is 0 Å². The van der Waals surface area contributed by atoms with Crippen LogP contribution in [0.3, 0.4) is 0 Å². The number of fused-ring (bicyclic) bond motifs is 1. The van der Waals surface area contributed by atoms with Gasteiger partial charge in [0.05, 0.1) is 0 Å². The molecule has 0 amide bonds. The van der Waals surface area contributed by atoms with Crippen molar-refractivity contribution in [3.05, 3.63) is 53.8 Å². The van der Waals surface area contributed by atoms with E-state index in [4.69, 9.17) is 4.42 Å². The second kappa shape index (κ2) is 3.84. The summed E-state index contributed by atoms with van der Waals surface area (Å²) in [7, 11) is 1.79. The number of aryl methyl sites for hydroxylation is 2. The predicted molar refractivity (Wildman–Crippen MR) is 67.6 cm³/mol. The molecule has 0 saturated heterocycles. The van der Waals surface area contributed by atoms with Crippen LogP contribution in [0, 0.1) is 6.92 Å². The highest BCUT2D eigenvalue weighted by molar-refractivity contribution is 6.07. The lowest BCUT2D eigenvalue weighted by Crippen LogP contribution is -2.07. The molecule has 0 radical (unpaired) electrons. The van der Waals surface area contributed by atoms with Crippen molar-refractivity contribution in [1.82, 2.24) is 9.55 Å². The van der Waals surface area contributed by atoms with Gasteiger partial charge in [0.15, 0.2) is 11.6 Å². The molecule has 2 aromatic heterocycles. The first-order valence-electron chi connectivity index (χ1n) is 5.68. The zero-order valence-electron chi connectivity index (χ0n) is 10.2. The van der Waals surface area contributed by atoms with E-state index in [0.717, 1.165) is 16.5 Å². The molecule has 4 nitrogen and oxygen atoms in total. The Kier molecular flexibility index (Phi) is 2.30. The standard InChI is InChI=1S/C14H12N2O2/c1-9-4-3-5-10-8-11(18-13(9)10)12(17)14-15-6-7-16(14)2/h3-8H,1-2H3. The summed E-state index contributed by atoms with van der Waals surface area (Å²) in [4.78, 5) is 16.3. The van der Waals surface area contributed by atoms with Crippen LogP contribution < -0.4 is 0 Å². The molecule has 0 atom stereocenters. The summed E-state index contributed by atoms with van der Waals surface area (Å²) in [6.07, 6.45) is 3.34. The van der Waals surface area contributed by atoms with E-state index in [1.54, 1.807) is 30.1 Å². The van der Waals surface area contributed by atoms with Gasteiger partial charge in [0, 0.05) is 24.8 Å². The van der Waals surface area contributed by atoms with Gasteiger partial charge in [-0.1, -0.05) is 18.2 Å². The lowest BCUT2D eigenvalue weighted by atomic mass is 10.2. The van der Waals surface area contributed by atoms with E-state index in [0.29, 0.717) is 11.6 Å². The maximum absolute atomic E-state index is 12.2. The average Bonchev–Trinajstić information content (AvgIpc) is 2.95. The first kappa shape index (κ1) is 10.8. The van der Waals surface area contributed by atoms with Crippen LogP contribution in [-0.4, -0.2) is 15.3 Å². The van der Waals surface area contributed by atoms with Crippen molar-refractivity contribution in [2.24, 2.45) is 7.05 Å². The maximum Gasteiger partial charge on any atom is 0.263 e. The molecule has 0 aliphatic carbocycles. The average molecular weight is 240 g/mol. The van der Waals surface area contributed by atoms with E-state index in [2.05, 4.69) is 4.98 Å². The van der Waals surface area contributed by atoms with Crippen LogP contribution in [0.1, 0.15) is 21.9 Å². The number of furan rings is 1. The number of ketones is 1. The Morgan fingerprint density at radius 1 is 1.39 bits per heavy atom. The van der Waals surface area contributed by atoms with E-state index in [9.17, 15) is 4.79 Å². The van der Waals surface area contributed by atoms with Crippen LogP contribution >= 0.6 is 0 Å². The van der Waals surface area contributed by atoms with Crippen LogP contribution in [0.4, 0.5) is 0 Å². The van der Waals surface area contributed by atoms with Crippen molar-refractivity contribution in [3.63, 3.8) is 0 Å². The number of nitrogens with zero attached hydrogens (tertiary/aromatic N) is 2. The van der Waals surface area contributed by atoms with E-state index in [1.165, 1.54) is 0 Å². The smallest absolute Gasteiger partial charge is 0.263 e. The van der Waals surface area contributed by atoms with Gasteiger partial charge in [0.2, 0.25) is 0 Å². The fourth-order valence-electron chi connectivity index (χ4n) is 2.02. The van der Waals surface area contributed by atoms with Gasteiger partial charge >= 0.3 is 0 Å². The SMILES string of the molecule is Cc1cccc2cc(C(=O)c3nccn3C)oc12. The molecule has 0 spiro atoms. The third-order valence-electron chi connectivity index (χ3n) is 2.99. The highest BCUT2D eigenvalue weighted by Gasteiger charge is 2.18. The Morgan fingerprint density at radius 2 is 2.22 bits per heavy atom. The fraction of sp³-hybridized carbons (Fsp3) is 0.143. The number of para-hydroxylation sites is 1. The molecule has 0 saturated carbocycles. The summed E-state index contributed by atoms with van der Waals surface area (Å²) in [5.41, 5.74) is 1.78. The van der Waals surface area contributed by atoms with Crippen LogP contribution in [0.2, 0.25) is 0 Å². The predicted octanol–water partition coefficient (Wildman–Crippen LogP) is 2.71. The van der Waals surface area contributed by atoms with Crippen molar-refractivity contribution >= 4 is 16.8 Å². The molecule has 18 heavy (non-hydrogen) atoms. The molecule has 3 rings (SSSR count). The quantitative estimate of drug-likeness (QED) is 0.647. The molecule has 0 unspecified atom stereocenters. The minimum Gasteiger partial charge on any atom is -0.452 e. The molecule has 1 aromatic carbocycles. The van der Waals surface area contributed by atoms with Crippen LogP contribution in [0.5, 0.6) is 0 Å². The monoisotopic (exact) mass is 240 g/mol. The largest absolute Gasteiger partial charge is 0.452 e. The molecule has 0 aliphatic rings. The minimum absolute atomic E-state index is 0.196. The molecule has 3 aromatic rings. The third kappa shape index (κ3) is 1.54. The number of rotatable bonds is 2. The molecule has 90 valence electrons. The fourth-order valence-corrected chi connectivity index (χ4v) is 2.02. The maximum atomic E-state index is 12.2. The van der Waals surface area contributed by atoms with Gasteiger partial charge < -0.3 is 8.98 Å². The summed E-state index contributed by atoms with van der Waals surface area (Å²) in [5.74, 6) is 0.512. The van der Waals surface area contributed by atoms with Crippen molar-refractivity contribution in [3.8, 4) is 0 Å². The van der Waals surface area contributed by atoms with Crippen molar-refractivity contribution < 1.29 is 9.21 Å². The topological polar surface area (TPSA) is 48.0 Å². The van der Waals surface area contributed by atoms with E-state index in [-0.39, 0.29) is 5.78 Å². The normalized spacial score (nSPS) is 11.0. The Morgan fingerprint density at radius 3 is 2.89 bits per heavy atom. The van der Waals surface area contributed by atoms with Gasteiger partial charge in [-0.05, 0) is 18.6 Å². The number of carbonyl (C=O) groups excluding carboxylic acids is 1. The van der Waals surface area contributed by atoms with Crippen molar-refractivity contribution in [2.45, 2.75) is 6.92 Å². The Bertz CT molecular complexity index is 737. The number of hydrogen-bond donors (Lipinski definition) is 0. The van der Waals surface area contributed by atoms with Gasteiger partial charge in [-0.2, -0.15) is 0 Å². The minimum atomic E-state index is -0.196. The Hall–Kier alpha value is -2.36. The number of benzene rings is 1. The van der Waals surface area contributed by atoms with Gasteiger partial charge in [0.1, 0.15) is 5.58 Å². The van der Waals surface area contributed by atoms with Crippen molar-refractivity contribution in [1.29, 1.82) is 0 Å². The second-order valence-corrected chi connectivity index (χ2v) is 4.29. The van der Waals surface area contributed by atoms with Gasteiger partial charge in [-0.3, -0.25) is 4.79 Å². The molecule has 4 heteroatoms. The number of aromatic nitrogens is 2. The van der Waals surface area contributed by atoms with Crippen LogP contribution in [0.25, 0.3) is 11.0 Å². The van der Waals surface area contributed by atoms with Gasteiger partial charge in [0.25, 0.3) is 5.78 Å². The summed E-state index contributed by atoms with van der Waals surface area (Å²) >= 11 is 0. The summed E-state index contributed by atoms with van der Waals surface area (Å²) < 4.78 is 7.32. The van der Waals surface area contributed by atoms with Gasteiger partial charge in [-0.25, -0.2) is 4.98 Å². The highest BCUT2D eigenvalue weighted by Crippen LogP contribution is 2.23. The molecular formula is C14H12N2O2. The van der Waals surface area contributed by atoms with E-state index in [1.807, 2.05) is 25.1 Å². The second-order valence-electron chi connectivity index (χ2n) is 4.29. The molecule has 0 aliphatic heterocycles. The molecular weight excluding hydrogens is 228 g/mol. The zero-order chi connectivity index (χ0) is 12.7.